The molecule has 0 aliphatic rings. The Kier molecular flexibility index (Phi) is 4.76. The third kappa shape index (κ3) is 3.37. The molecule has 5 nitrogen and oxygen atoms in total. The van der Waals surface area contributed by atoms with Crippen LogP contribution in [0.15, 0.2) is 30.5 Å². The third-order valence-electron chi connectivity index (χ3n) is 3.49. The number of methoxy groups -OCH3 is 1. The Labute approximate surface area is 119 Å². The van der Waals surface area contributed by atoms with Gasteiger partial charge in [-0.05, 0) is 24.6 Å². The smallest absolute Gasteiger partial charge is 0.118 e. The summed E-state index contributed by atoms with van der Waals surface area (Å²) >= 11 is 0. The monoisotopic (exact) mass is 275 g/mol. The summed E-state index contributed by atoms with van der Waals surface area (Å²) in [5, 5.41) is 17.6. The number of benzene rings is 1. The van der Waals surface area contributed by atoms with E-state index in [0.717, 1.165) is 22.6 Å². The SMILES string of the molecule is COc1ccc(C(O)CNCc2cnn(C)c2C)cc1. The van der Waals surface area contributed by atoms with Crippen molar-refractivity contribution in [3.05, 3.63) is 47.3 Å². The second-order valence-electron chi connectivity index (χ2n) is 4.80. The minimum absolute atomic E-state index is 0.501. The highest BCUT2D eigenvalue weighted by atomic mass is 16.5. The second-order valence-corrected chi connectivity index (χ2v) is 4.80. The molecule has 108 valence electrons. The van der Waals surface area contributed by atoms with E-state index in [1.54, 1.807) is 7.11 Å². The van der Waals surface area contributed by atoms with Crippen molar-refractivity contribution in [2.24, 2.45) is 7.05 Å². The van der Waals surface area contributed by atoms with E-state index in [4.69, 9.17) is 4.74 Å². The van der Waals surface area contributed by atoms with Crippen molar-refractivity contribution in [1.29, 1.82) is 0 Å². The first-order chi connectivity index (χ1) is 9.61. The molecule has 1 heterocycles. The summed E-state index contributed by atoms with van der Waals surface area (Å²) in [5.41, 5.74) is 3.16. The van der Waals surface area contributed by atoms with E-state index in [9.17, 15) is 5.11 Å². The first-order valence-electron chi connectivity index (χ1n) is 6.62. The number of aryl methyl sites for hydroxylation is 1. The number of aromatic nitrogens is 2. The van der Waals surface area contributed by atoms with Gasteiger partial charge in [0, 0.05) is 31.4 Å². The highest BCUT2D eigenvalue weighted by Gasteiger charge is 2.08. The maximum absolute atomic E-state index is 10.1. The van der Waals surface area contributed by atoms with E-state index in [-0.39, 0.29) is 0 Å². The Balaban J connectivity index is 1.85. The van der Waals surface area contributed by atoms with Crippen molar-refractivity contribution < 1.29 is 9.84 Å². The summed E-state index contributed by atoms with van der Waals surface area (Å²) in [6.45, 7) is 3.23. The lowest BCUT2D eigenvalue weighted by Gasteiger charge is -2.12. The quantitative estimate of drug-likeness (QED) is 0.840. The van der Waals surface area contributed by atoms with Gasteiger partial charge < -0.3 is 15.2 Å². The lowest BCUT2D eigenvalue weighted by atomic mass is 10.1. The third-order valence-corrected chi connectivity index (χ3v) is 3.49. The van der Waals surface area contributed by atoms with Crippen LogP contribution in [0.3, 0.4) is 0 Å². The number of rotatable bonds is 6. The number of aliphatic hydroxyl groups excluding tert-OH is 1. The normalized spacial score (nSPS) is 12.4. The van der Waals surface area contributed by atoms with Crippen LogP contribution in [0.1, 0.15) is 22.9 Å². The fourth-order valence-electron chi connectivity index (χ4n) is 2.01. The Hall–Kier alpha value is -1.85. The van der Waals surface area contributed by atoms with Crippen molar-refractivity contribution in [3.63, 3.8) is 0 Å². The molecule has 5 heteroatoms. The molecular weight excluding hydrogens is 254 g/mol. The van der Waals surface area contributed by atoms with E-state index >= 15 is 0 Å². The van der Waals surface area contributed by atoms with Gasteiger partial charge in [0.2, 0.25) is 0 Å². The number of aliphatic hydroxyl groups is 1. The van der Waals surface area contributed by atoms with Gasteiger partial charge in [0.25, 0.3) is 0 Å². The van der Waals surface area contributed by atoms with Gasteiger partial charge in [-0.15, -0.1) is 0 Å². The van der Waals surface area contributed by atoms with Crippen molar-refractivity contribution in [1.82, 2.24) is 15.1 Å². The van der Waals surface area contributed by atoms with Gasteiger partial charge in [-0.2, -0.15) is 5.10 Å². The molecular formula is C15H21N3O2. The fraction of sp³-hybridized carbons (Fsp3) is 0.400. The second kappa shape index (κ2) is 6.54. The van der Waals surface area contributed by atoms with Gasteiger partial charge in [-0.3, -0.25) is 4.68 Å². The molecule has 0 amide bonds. The highest BCUT2D eigenvalue weighted by molar-refractivity contribution is 5.28. The Morgan fingerprint density at radius 1 is 1.35 bits per heavy atom. The standard InChI is InChI=1S/C15H21N3O2/c1-11-13(9-17-18(11)2)8-16-10-15(19)12-4-6-14(20-3)7-5-12/h4-7,9,15-16,19H,8,10H2,1-3H3. The molecule has 0 spiro atoms. The van der Waals surface area contributed by atoms with Gasteiger partial charge in [0.05, 0.1) is 19.4 Å². The van der Waals surface area contributed by atoms with Crippen LogP contribution in [0.4, 0.5) is 0 Å². The van der Waals surface area contributed by atoms with Gasteiger partial charge in [0.15, 0.2) is 0 Å². The van der Waals surface area contributed by atoms with E-state index in [1.165, 1.54) is 0 Å². The molecule has 2 rings (SSSR count). The van der Waals surface area contributed by atoms with Crippen LogP contribution >= 0.6 is 0 Å². The van der Waals surface area contributed by atoms with Crippen LogP contribution in [0.25, 0.3) is 0 Å². The van der Waals surface area contributed by atoms with Crippen LogP contribution in [0.2, 0.25) is 0 Å². The lowest BCUT2D eigenvalue weighted by Crippen LogP contribution is -2.21. The number of hydrogen-bond acceptors (Lipinski definition) is 4. The summed E-state index contributed by atoms with van der Waals surface area (Å²) in [7, 11) is 3.55. The molecule has 2 N–H and O–H groups in total. The topological polar surface area (TPSA) is 59.3 Å². The average Bonchev–Trinajstić information content (AvgIpc) is 2.79. The molecule has 1 aromatic carbocycles. The van der Waals surface area contributed by atoms with Crippen molar-refractivity contribution in [2.45, 2.75) is 19.6 Å². The molecule has 0 fully saturated rings. The predicted molar refractivity (Wildman–Crippen MR) is 77.6 cm³/mol. The lowest BCUT2D eigenvalue weighted by molar-refractivity contribution is 0.174. The maximum atomic E-state index is 10.1. The van der Waals surface area contributed by atoms with E-state index in [0.29, 0.717) is 13.1 Å². The van der Waals surface area contributed by atoms with Crippen molar-refractivity contribution in [3.8, 4) is 5.75 Å². The van der Waals surface area contributed by atoms with Crippen LogP contribution in [-0.2, 0) is 13.6 Å². The molecule has 2 aromatic rings. The number of nitrogens with zero attached hydrogens (tertiary/aromatic N) is 2. The molecule has 1 unspecified atom stereocenters. The van der Waals surface area contributed by atoms with Crippen molar-refractivity contribution >= 4 is 0 Å². The molecule has 0 saturated carbocycles. The molecule has 0 radical (unpaired) electrons. The van der Waals surface area contributed by atoms with Gasteiger partial charge in [-0.1, -0.05) is 12.1 Å². The van der Waals surface area contributed by atoms with E-state index < -0.39 is 6.10 Å². The molecule has 0 aliphatic heterocycles. The highest BCUT2D eigenvalue weighted by Crippen LogP contribution is 2.17. The zero-order valence-electron chi connectivity index (χ0n) is 12.1. The largest absolute Gasteiger partial charge is 0.497 e. The van der Waals surface area contributed by atoms with Gasteiger partial charge in [-0.25, -0.2) is 0 Å². The maximum Gasteiger partial charge on any atom is 0.118 e. The Bertz CT molecular complexity index is 549. The first-order valence-corrected chi connectivity index (χ1v) is 6.62. The first kappa shape index (κ1) is 14.6. The minimum atomic E-state index is -0.530. The summed E-state index contributed by atoms with van der Waals surface area (Å²) < 4.78 is 6.94. The summed E-state index contributed by atoms with van der Waals surface area (Å²) in [5.74, 6) is 0.792. The number of hydrogen-bond donors (Lipinski definition) is 2. The van der Waals surface area contributed by atoms with E-state index in [2.05, 4.69) is 10.4 Å². The molecule has 1 atom stereocenters. The number of ether oxygens (including phenoxy) is 1. The molecule has 0 aliphatic carbocycles. The van der Waals surface area contributed by atoms with Crippen LogP contribution in [0.5, 0.6) is 5.75 Å². The minimum Gasteiger partial charge on any atom is -0.497 e. The molecule has 1 aromatic heterocycles. The van der Waals surface area contributed by atoms with E-state index in [1.807, 2.05) is 49.1 Å². The van der Waals surface area contributed by atoms with Gasteiger partial charge in [0.1, 0.15) is 5.75 Å². The van der Waals surface area contributed by atoms with Gasteiger partial charge >= 0.3 is 0 Å². The predicted octanol–water partition coefficient (Wildman–Crippen LogP) is 1.56. The van der Waals surface area contributed by atoms with Crippen molar-refractivity contribution in [2.75, 3.05) is 13.7 Å². The molecule has 20 heavy (non-hydrogen) atoms. The zero-order valence-corrected chi connectivity index (χ0v) is 12.1. The Morgan fingerprint density at radius 2 is 2.05 bits per heavy atom. The zero-order chi connectivity index (χ0) is 14.5. The molecule has 0 saturated heterocycles. The fourth-order valence-corrected chi connectivity index (χ4v) is 2.01. The van der Waals surface area contributed by atoms with Crippen LogP contribution < -0.4 is 10.1 Å². The molecule has 0 bridgehead atoms. The average molecular weight is 275 g/mol. The van der Waals surface area contributed by atoms with Crippen LogP contribution in [-0.4, -0.2) is 28.5 Å². The van der Waals surface area contributed by atoms with Crippen LogP contribution in [0, 0.1) is 6.92 Å². The summed E-state index contributed by atoms with van der Waals surface area (Å²) in [6, 6.07) is 7.45. The summed E-state index contributed by atoms with van der Waals surface area (Å²) in [6.07, 6.45) is 1.32. The summed E-state index contributed by atoms with van der Waals surface area (Å²) in [4.78, 5) is 0. The Morgan fingerprint density at radius 3 is 2.60 bits per heavy atom. The number of nitrogens with one attached hydrogen (secondary N) is 1.